The largest absolute Gasteiger partial charge is 0.354 e. The fourth-order valence-electron chi connectivity index (χ4n) is 4.56. The van der Waals surface area contributed by atoms with Crippen molar-refractivity contribution in [2.45, 2.75) is 51.6 Å². The lowest BCUT2D eigenvalue weighted by Crippen LogP contribution is -2.45. The van der Waals surface area contributed by atoms with Crippen LogP contribution in [-0.4, -0.2) is 75.1 Å². The van der Waals surface area contributed by atoms with Crippen LogP contribution in [0.4, 0.5) is 0 Å². The zero-order valence-corrected chi connectivity index (χ0v) is 17.3. The van der Waals surface area contributed by atoms with Gasteiger partial charge in [-0.05, 0) is 51.4 Å². The number of pyridine rings is 1. The average Bonchev–Trinajstić information content (AvgIpc) is 3.46. The number of nitrogens with zero attached hydrogens (tertiary/aromatic N) is 5. The molecule has 2 aromatic heterocycles. The second-order valence-electron chi connectivity index (χ2n) is 8.15. The van der Waals surface area contributed by atoms with Gasteiger partial charge >= 0.3 is 0 Å². The number of fused-ring (bicyclic) bond motifs is 1. The van der Waals surface area contributed by atoms with Crippen molar-refractivity contribution >= 4 is 22.8 Å². The third-order valence-corrected chi connectivity index (χ3v) is 6.17. The Morgan fingerprint density at radius 2 is 2.07 bits per heavy atom. The first-order valence-corrected chi connectivity index (χ1v) is 10.6. The fraction of sp³-hybridized carbons (Fsp3) is 0.619. The van der Waals surface area contributed by atoms with Crippen LogP contribution in [0.5, 0.6) is 0 Å². The molecule has 2 aliphatic heterocycles. The molecule has 29 heavy (non-hydrogen) atoms. The van der Waals surface area contributed by atoms with E-state index in [1.165, 1.54) is 19.8 Å². The highest BCUT2D eigenvalue weighted by Gasteiger charge is 2.34. The van der Waals surface area contributed by atoms with Crippen molar-refractivity contribution in [2.24, 2.45) is 0 Å². The molecule has 0 saturated carbocycles. The molecule has 2 aliphatic rings. The highest BCUT2D eigenvalue weighted by atomic mass is 16.2. The third-order valence-electron chi connectivity index (χ3n) is 6.17. The smallest absolute Gasteiger partial charge is 0.239 e. The second kappa shape index (κ2) is 8.49. The van der Waals surface area contributed by atoms with Crippen molar-refractivity contribution in [3.63, 3.8) is 0 Å². The Bertz CT molecular complexity index is 888. The van der Waals surface area contributed by atoms with E-state index >= 15 is 0 Å². The minimum atomic E-state index is -0.0493. The van der Waals surface area contributed by atoms with E-state index in [4.69, 9.17) is 5.10 Å². The number of rotatable bonds is 6. The number of carbonyl (C=O) groups excluding carboxylic acids is 2. The highest BCUT2D eigenvalue weighted by molar-refractivity contribution is 5.83. The molecule has 1 N–H and O–H groups in total. The molecule has 0 bridgehead atoms. The van der Waals surface area contributed by atoms with Gasteiger partial charge in [-0.2, -0.15) is 5.10 Å². The molecular weight excluding hydrogens is 368 g/mol. The van der Waals surface area contributed by atoms with Gasteiger partial charge < -0.3 is 10.2 Å². The Balaban J connectivity index is 1.48. The fourth-order valence-corrected chi connectivity index (χ4v) is 4.56. The lowest BCUT2D eigenvalue weighted by Gasteiger charge is -2.27. The van der Waals surface area contributed by atoms with Gasteiger partial charge in [0.05, 0.1) is 18.3 Å². The summed E-state index contributed by atoms with van der Waals surface area (Å²) in [7, 11) is 0. The first kappa shape index (κ1) is 19.8. The predicted molar refractivity (Wildman–Crippen MR) is 110 cm³/mol. The summed E-state index contributed by atoms with van der Waals surface area (Å²) in [6.07, 6.45) is 5.07. The summed E-state index contributed by atoms with van der Waals surface area (Å²) in [5.41, 5.74) is 1.85. The van der Waals surface area contributed by atoms with Crippen molar-refractivity contribution in [2.75, 3.05) is 32.7 Å². The molecule has 2 fully saturated rings. The average molecular weight is 399 g/mol. The molecule has 2 amide bonds. The van der Waals surface area contributed by atoms with Crippen molar-refractivity contribution in [3.05, 3.63) is 24.0 Å². The minimum absolute atomic E-state index is 0.0372. The maximum atomic E-state index is 13.0. The van der Waals surface area contributed by atoms with Crippen molar-refractivity contribution in [1.82, 2.24) is 29.9 Å². The Morgan fingerprint density at radius 3 is 2.83 bits per heavy atom. The van der Waals surface area contributed by atoms with Gasteiger partial charge in [-0.3, -0.25) is 14.5 Å². The van der Waals surface area contributed by atoms with E-state index in [2.05, 4.69) is 21.3 Å². The van der Waals surface area contributed by atoms with Crippen LogP contribution in [0, 0.1) is 0 Å². The normalized spacial score (nSPS) is 21.0. The van der Waals surface area contributed by atoms with Gasteiger partial charge in [0, 0.05) is 44.1 Å². The van der Waals surface area contributed by atoms with Gasteiger partial charge in [0.25, 0.3) is 0 Å². The van der Waals surface area contributed by atoms with Crippen LogP contribution >= 0.6 is 0 Å². The SMILES string of the molecule is CC(=O)NCCn1nc(C2CCN(C(=O)C(C)N3CCCC3)C2)c2cccnc21. The quantitative estimate of drug-likeness (QED) is 0.795. The third kappa shape index (κ3) is 4.12. The van der Waals surface area contributed by atoms with Crippen LogP contribution in [0.3, 0.4) is 0 Å². The van der Waals surface area contributed by atoms with E-state index in [0.717, 1.165) is 42.8 Å². The first-order valence-electron chi connectivity index (χ1n) is 10.6. The predicted octanol–water partition coefficient (Wildman–Crippen LogP) is 1.37. The summed E-state index contributed by atoms with van der Waals surface area (Å²) in [6, 6.07) is 3.94. The molecule has 2 atom stereocenters. The van der Waals surface area contributed by atoms with Crippen LogP contribution < -0.4 is 5.32 Å². The van der Waals surface area contributed by atoms with Gasteiger partial charge in [-0.15, -0.1) is 0 Å². The summed E-state index contributed by atoms with van der Waals surface area (Å²) >= 11 is 0. The maximum Gasteiger partial charge on any atom is 0.239 e. The number of hydrogen-bond donors (Lipinski definition) is 1. The maximum absolute atomic E-state index is 13.0. The number of amides is 2. The molecule has 4 rings (SSSR count). The number of nitrogens with one attached hydrogen (secondary N) is 1. The van der Waals surface area contributed by atoms with Crippen molar-refractivity contribution in [1.29, 1.82) is 0 Å². The van der Waals surface area contributed by atoms with Crippen LogP contribution in [0.25, 0.3) is 11.0 Å². The number of hydrogen-bond acceptors (Lipinski definition) is 5. The van der Waals surface area contributed by atoms with Crippen molar-refractivity contribution in [3.8, 4) is 0 Å². The van der Waals surface area contributed by atoms with Crippen LogP contribution in [0.2, 0.25) is 0 Å². The van der Waals surface area contributed by atoms with E-state index < -0.39 is 0 Å². The molecule has 156 valence electrons. The molecule has 8 heteroatoms. The van der Waals surface area contributed by atoms with Crippen LogP contribution in [-0.2, 0) is 16.1 Å². The molecule has 0 spiro atoms. The molecule has 0 aromatic carbocycles. The summed E-state index contributed by atoms with van der Waals surface area (Å²) in [4.78, 5) is 33.0. The monoisotopic (exact) mass is 398 g/mol. The van der Waals surface area contributed by atoms with Gasteiger partial charge in [-0.1, -0.05) is 0 Å². The summed E-state index contributed by atoms with van der Waals surface area (Å²) in [6.45, 7) is 8.19. The van der Waals surface area contributed by atoms with Gasteiger partial charge in [-0.25, -0.2) is 9.67 Å². The first-order chi connectivity index (χ1) is 14.0. The summed E-state index contributed by atoms with van der Waals surface area (Å²) in [5, 5.41) is 8.70. The second-order valence-corrected chi connectivity index (χ2v) is 8.15. The molecule has 2 saturated heterocycles. The molecular formula is C21H30N6O2. The zero-order valence-electron chi connectivity index (χ0n) is 17.3. The van der Waals surface area contributed by atoms with Gasteiger partial charge in [0.1, 0.15) is 0 Å². The van der Waals surface area contributed by atoms with E-state index in [0.29, 0.717) is 19.6 Å². The molecule has 2 unspecified atom stereocenters. The molecule has 4 heterocycles. The van der Waals surface area contributed by atoms with Crippen LogP contribution in [0.1, 0.15) is 44.7 Å². The summed E-state index contributed by atoms with van der Waals surface area (Å²) < 4.78 is 1.87. The van der Waals surface area contributed by atoms with Gasteiger partial charge in [0.15, 0.2) is 5.65 Å². The number of carbonyl (C=O) groups is 2. The zero-order chi connectivity index (χ0) is 20.4. The Kier molecular flexibility index (Phi) is 5.80. The minimum Gasteiger partial charge on any atom is -0.354 e. The molecule has 2 aromatic rings. The highest BCUT2D eigenvalue weighted by Crippen LogP contribution is 2.32. The summed E-state index contributed by atoms with van der Waals surface area (Å²) in [5.74, 6) is 0.409. The molecule has 0 aliphatic carbocycles. The lowest BCUT2D eigenvalue weighted by molar-refractivity contribution is -0.135. The Labute approximate surface area is 171 Å². The lowest BCUT2D eigenvalue weighted by atomic mass is 10.0. The van der Waals surface area contributed by atoms with E-state index in [-0.39, 0.29) is 23.8 Å². The van der Waals surface area contributed by atoms with Crippen LogP contribution in [0.15, 0.2) is 18.3 Å². The van der Waals surface area contributed by atoms with E-state index in [9.17, 15) is 9.59 Å². The standard InChI is InChI=1S/C21H30N6O2/c1-15(25-10-3-4-11-25)21(29)26-12-7-17(14-26)19-18-6-5-8-23-20(18)27(24-19)13-9-22-16(2)28/h5-6,8,15,17H,3-4,7,9-14H2,1-2H3,(H,22,28). The molecule has 8 nitrogen and oxygen atoms in total. The Hall–Kier alpha value is -2.48. The molecule has 0 radical (unpaired) electrons. The number of likely N-dealkylation sites (tertiary alicyclic amines) is 2. The topological polar surface area (TPSA) is 83.4 Å². The van der Waals surface area contributed by atoms with E-state index in [1.54, 1.807) is 6.20 Å². The number of aromatic nitrogens is 3. The van der Waals surface area contributed by atoms with Gasteiger partial charge in [0.2, 0.25) is 11.8 Å². The van der Waals surface area contributed by atoms with E-state index in [1.807, 2.05) is 22.6 Å². The van der Waals surface area contributed by atoms with Crippen molar-refractivity contribution < 1.29 is 9.59 Å². The Morgan fingerprint density at radius 1 is 1.28 bits per heavy atom.